The minimum atomic E-state index is -0.576. The van der Waals surface area contributed by atoms with E-state index in [1.54, 1.807) is 0 Å². The maximum atomic E-state index is 9.89. The molecule has 0 aromatic heterocycles. The van der Waals surface area contributed by atoms with E-state index in [0.717, 1.165) is 31.3 Å². The second-order valence-electron chi connectivity index (χ2n) is 9.65. The first-order valence-corrected chi connectivity index (χ1v) is 11.0. The Morgan fingerprint density at radius 2 is 1.56 bits per heavy atom. The highest BCUT2D eigenvalue weighted by molar-refractivity contribution is 5.23. The van der Waals surface area contributed by atoms with Crippen LogP contribution in [0.5, 0.6) is 0 Å². The van der Waals surface area contributed by atoms with Crippen LogP contribution in [0.25, 0.3) is 0 Å². The average Bonchev–Trinajstić information content (AvgIpc) is 2.68. The lowest BCUT2D eigenvalue weighted by Gasteiger charge is -2.51. The van der Waals surface area contributed by atoms with Gasteiger partial charge in [-0.3, -0.25) is 9.80 Å². The first kappa shape index (κ1) is 19.4. The van der Waals surface area contributed by atoms with Crippen molar-refractivity contribution in [2.24, 2.45) is 5.92 Å². The van der Waals surface area contributed by atoms with Crippen LogP contribution < -0.4 is 0 Å². The first-order chi connectivity index (χ1) is 13.0. The minimum absolute atomic E-state index is 0.576. The quantitative estimate of drug-likeness (QED) is 0.833. The largest absolute Gasteiger partial charge is 0.390 e. The molecule has 0 amide bonds. The van der Waals surface area contributed by atoms with E-state index in [0.29, 0.717) is 0 Å². The smallest absolute Gasteiger partial charge is 0.0594 e. The fourth-order valence-corrected chi connectivity index (χ4v) is 5.12. The zero-order valence-electron chi connectivity index (χ0n) is 17.2. The molecule has 4 aliphatic rings. The van der Waals surface area contributed by atoms with Gasteiger partial charge < -0.3 is 10.0 Å². The van der Waals surface area contributed by atoms with E-state index in [4.69, 9.17) is 0 Å². The zero-order valence-corrected chi connectivity index (χ0v) is 17.2. The summed E-state index contributed by atoms with van der Waals surface area (Å²) in [6.07, 6.45) is 4.60. The molecule has 150 valence electrons. The van der Waals surface area contributed by atoms with Crippen LogP contribution in [-0.4, -0.2) is 77.3 Å². The zero-order chi connectivity index (χ0) is 18.9. The van der Waals surface area contributed by atoms with Gasteiger partial charge in [-0.05, 0) is 69.7 Å². The van der Waals surface area contributed by atoms with Gasteiger partial charge in [0.2, 0.25) is 0 Å². The maximum Gasteiger partial charge on any atom is 0.0594 e. The summed E-state index contributed by atoms with van der Waals surface area (Å²) >= 11 is 0. The molecule has 1 atom stereocenters. The highest BCUT2D eigenvalue weighted by Gasteiger charge is 2.38. The van der Waals surface area contributed by atoms with Crippen molar-refractivity contribution in [1.82, 2.24) is 14.7 Å². The molecule has 1 aromatic carbocycles. The first-order valence-electron chi connectivity index (χ1n) is 11.0. The third kappa shape index (κ3) is 5.11. The molecule has 0 saturated carbocycles. The van der Waals surface area contributed by atoms with E-state index >= 15 is 0 Å². The summed E-state index contributed by atoms with van der Waals surface area (Å²) < 4.78 is 0. The Balaban J connectivity index is 1.23. The van der Waals surface area contributed by atoms with E-state index in [-0.39, 0.29) is 0 Å². The Bertz CT molecular complexity index is 593. The molecule has 4 fully saturated rings. The Morgan fingerprint density at radius 3 is 2.11 bits per heavy atom. The van der Waals surface area contributed by atoms with Gasteiger partial charge in [0.05, 0.1) is 5.60 Å². The highest BCUT2D eigenvalue weighted by atomic mass is 16.3. The van der Waals surface area contributed by atoms with Crippen molar-refractivity contribution in [1.29, 1.82) is 0 Å². The lowest BCUT2D eigenvalue weighted by atomic mass is 9.83. The number of fused-ring (bicyclic) bond motifs is 3. The molecule has 1 N–H and O–H groups in total. The fraction of sp³-hybridized carbons (Fsp3) is 0.739. The number of piperazine rings is 1. The molecule has 4 heteroatoms. The van der Waals surface area contributed by atoms with Gasteiger partial charge in [0.1, 0.15) is 0 Å². The maximum absolute atomic E-state index is 9.89. The third-order valence-electron chi connectivity index (χ3n) is 6.95. The fourth-order valence-electron chi connectivity index (χ4n) is 5.12. The van der Waals surface area contributed by atoms with Gasteiger partial charge in [-0.15, -0.1) is 0 Å². The summed E-state index contributed by atoms with van der Waals surface area (Å²) in [5, 5.41) is 9.89. The van der Waals surface area contributed by atoms with Crippen molar-refractivity contribution in [3.05, 3.63) is 35.4 Å². The molecule has 0 spiro atoms. The summed E-state index contributed by atoms with van der Waals surface area (Å²) in [6.45, 7) is 13.7. The van der Waals surface area contributed by atoms with E-state index in [9.17, 15) is 5.11 Å². The lowest BCUT2D eigenvalue weighted by molar-refractivity contribution is -0.0162. The molecule has 0 unspecified atom stereocenters. The molecular weight excluding hydrogens is 334 g/mol. The van der Waals surface area contributed by atoms with E-state index in [1.165, 1.54) is 69.8 Å². The van der Waals surface area contributed by atoms with E-state index < -0.39 is 5.60 Å². The summed E-state index contributed by atoms with van der Waals surface area (Å²) in [5.41, 5.74) is 2.17. The molecule has 0 radical (unpaired) electrons. The molecule has 2 bridgehead atoms. The molecule has 4 heterocycles. The number of piperidine rings is 3. The summed E-state index contributed by atoms with van der Waals surface area (Å²) in [6, 6.07) is 9.86. The molecule has 4 nitrogen and oxygen atoms in total. The van der Waals surface area contributed by atoms with Crippen molar-refractivity contribution in [3.63, 3.8) is 0 Å². The summed E-state index contributed by atoms with van der Waals surface area (Å²) in [7, 11) is 0. The van der Waals surface area contributed by atoms with Crippen LogP contribution in [0.3, 0.4) is 0 Å². The van der Waals surface area contributed by atoms with Crippen molar-refractivity contribution in [2.45, 2.75) is 57.7 Å². The minimum Gasteiger partial charge on any atom is -0.390 e. The van der Waals surface area contributed by atoms with Crippen LogP contribution >= 0.6 is 0 Å². The Labute approximate surface area is 165 Å². The van der Waals surface area contributed by atoms with Crippen molar-refractivity contribution in [2.75, 3.05) is 45.8 Å². The second kappa shape index (κ2) is 8.20. The second-order valence-corrected chi connectivity index (χ2v) is 9.65. The highest BCUT2D eigenvalue weighted by Crippen LogP contribution is 2.31. The number of hydrogen-bond acceptors (Lipinski definition) is 4. The van der Waals surface area contributed by atoms with Crippen LogP contribution in [0.2, 0.25) is 0 Å². The average molecular weight is 372 g/mol. The van der Waals surface area contributed by atoms with Gasteiger partial charge in [0.25, 0.3) is 0 Å². The topological polar surface area (TPSA) is 30.0 Å². The molecule has 1 aromatic rings. The molecule has 0 aliphatic carbocycles. The van der Waals surface area contributed by atoms with Crippen LogP contribution in [0.15, 0.2) is 24.3 Å². The molecule has 4 aliphatic heterocycles. The van der Waals surface area contributed by atoms with Crippen LogP contribution in [0.4, 0.5) is 0 Å². The van der Waals surface area contributed by atoms with Gasteiger partial charge in [0, 0.05) is 45.3 Å². The van der Waals surface area contributed by atoms with Crippen LogP contribution in [0, 0.1) is 5.92 Å². The van der Waals surface area contributed by atoms with Gasteiger partial charge in [0.15, 0.2) is 0 Å². The Kier molecular flexibility index (Phi) is 5.89. The Morgan fingerprint density at radius 1 is 0.926 bits per heavy atom. The monoisotopic (exact) mass is 371 g/mol. The normalized spacial score (nSPS) is 30.0. The molecule has 4 saturated heterocycles. The van der Waals surface area contributed by atoms with Crippen molar-refractivity contribution >= 4 is 0 Å². The van der Waals surface area contributed by atoms with Crippen LogP contribution in [0.1, 0.15) is 44.2 Å². The summed E-state index contributed by atoms with van der Waals surface area (Å²) in [4.78, 5) is 8.08. The number of rotatable bonds is 6. The number of benzene rings is 1. The standard InChI is InChI=1S/C23H37N3O/c1-23(2,27)10-7-19-3-5-20(6-4-19)17-25-13-15-26(16-14-25)22-18-24-11-8-21(22)9-12-24/h3-6,21-22,27H,7-18H2,1-2H3/t22-/m0/s1. The summed E-state index contributed by atoms with van der Waals surface area (Å²) in [5.74, 6) is 0.956. The molecular formula is C23H37N3O. The lowest BCUT2D eigenvalue weighted by Crippen LogP contribution is -2.60. The van der Waals surface area contributed by atoms with Gasteiger partial charge in [-0.25, -0.2) is 0 Å². The molecule has 5 rings (SSSR count). The third-order valence-corrected chi connectivity index (χ3v) is 6.95. The predicted octanol–water partition coefficient (Wildman–Crippen LogP) is 2.60. The van der Waals surface area contributed by atoms with E-state index in [1.807, 2.05) is 13.8 Å². The molecule has 27 heavy (non-hydrogen) atoms. The number of aliphatic hydroxyl groups is 1. The Hall–Kier alpha value is -0.940. The predicted molar refractivity (Wildman–Crippen MR) is 111 cm³/mol. The number of aryl methyl sites for hydroxylation is 1. The van der Waals surface area contributed by atoms with Crippen molar-refractivity contribution in [3.8, 4) is 0 Å². The van der Waals surface area contributed by atoms with Crippen molar-refractivity contribution < 1.29 is 5.11 Å². The SMILES string of the molecule is CC(C)(O)CCc1ccc(CN2CCN([C@H]3CN4CCC3CC4)CC2)cc1. The van der Waals surface area contributed by atoms with Crippen LogP contribution in [-0.2, 0) is 13.0 Å². The number of nitrogens with zero attached hydrogens (tertiary/aromatic N) is 3. The van der Waals surface area contributed by atoms with Gasteiger partial charge >= 0.3 is 0 Å². The van der Waals surface area contributed by atoms with Gasteiger partial charge in [-0.2, -0.15) is 0 Å². The van der Waals surface area contributed by atoms with E-state index in [2.05, 4.69) is 39.0 Å². The number of hydrogen-bond donors (Lipinski definition) is 1. The van der Waals surface area contributed by atoms with Gasteiger partial charge in [-0.1, -0.05) is 24.3 Å².